The van der Waals surface area contributed by atoms with Crippen LogP contribution >= 0.6 is 0 Å². The van der Waals surface area contributed by atoms with Gasteiger partial charge in [-0.25, -0.2) is 12.7 Å². The third kappa shape index (κ3) is 6.99. The predicted molar refractivity (Wildman–Crippen MR) is 81.3 cm³/mol. The van der Waals surface area contributed by atoms with Crippen molar-refractivity contribution in [1.82, 2.24) is 14.5 Å². The summed E-state index contributed by atoms with van der Waals surface area (Å²) >= 11 is 0. The Hall–Kier alpha value is -0.210. The summed E-state index contributed by atoms with van der Waals surface area (Å²) in [5.74, 6) is 0. The zero-order valence-electron chi connectivity index (χ0n) is 12.7. The number of aliphatic hydroxyl groups is 1. The molecule has 1 atom stereocenters. The summed E-state index contributed by atoms with van der Waals surface area (Å²) in [5, 5.41) is 13.1. The molecule has 1 saturated heterocycles. The Bertz CT molecular complexity index is 356. The summed E-state index contributed by atoms with van der Waals surface area (Å²) in [7, 11) is -3.08. The molecule has 1 heterocycles. The number of nitrogens with one attached hydrogen (secondary N) is 1. The van der Waals surface area contributed by atoms with Crippen molar-refractivity contribution in [2.24, 2.45) is 0 Å². The SMILES string of the molecule is CCN(CCCNCC(O)CN1CCCC1)S(C)(=O)=O. The molecular formula is C13H29N3O3S. The highest BCUT2D eigenvalue weighted by molar-refractivity contribution is 7.88. The largest absolute Gasteiger partial charge is 0.390 e. The van der Waals surface area contributed by atoms with Crippen molar-refractivity contribution >= 4 is 10.0 Å². The van der Waals surface area contributed by atoms with E-state index in [9.17, 15) is 13.5 Å². The zero-order valence-corrected chi connectivity index (χ0v) is 13.5. The van der Waals surface area contributed by atoms with Crippen molar-refractivity contribution in [3.63, 3.8) is 0 Å². The predicted octanol–water partition coefficient (Wildman–Crippen LogP) is -0.296. The first kappa shape index (κ1) is 17.8. The van der Waals surface area contributed by atoms with Crippen molar-refractivity contribution < 1.29 is 13.5 Å². The van der Waals surface area contributed by atoms with Gasteiger partial charge < -0.3 is 15.3 Å². The van der Waals surface area contributed by atoms with Crippen LogP contribution in [0.15, 0.2) is 0 Å². The quantitative estimate of drug-likeness (QED) is 0.542. The molecule has 2 N–H and O–H groups in total. The Kier molecular flexibility index (Phi) is 7.98. The number of hydrogen-bond acceptors (Lipinski definition) is 5. The van der Waals surface area contributed by atoms with Gasteiger partial charge in [-0.3, -0.25) is 0 Å². The maximum Gasteiger partial charge on any atom is 0.211 e. The Morgan fingerprint density at radius 3 is 2.55 bits per heavy atom. The van der Waals surface area contributed by atoms with Gasteiger partial charge in [0, 0.05) is 26.2 Å². The molecule has 1 unspecified atom stereocenters. The Balaban J connectivity index is 2.06. The number of aliphatic hydroxyl groups excluding tert-OH is 1. The average molecular weight is 307 g/mol. The molecule has 0 saturated carbocycles. The van der Waals surface area contributed by atoms with Gasteiger partial charge in [-0.15, -0.1) is 0 Å². The molecule has 6 nitrogen and oxygen atoms in total. The second-order valence-electron chi connectivity index (χ2n) is 5.47. The maximum absolute atomic E-state index is 11.4. The molecule has 0 bridgehead atoms. The summed E-state index contributed by atoms with van der Waals surface area (Å²) in [6.45, 7) is 7.10. The first-order chi connectivity index (χ1) is 9.43. The van der Waals surface area contributed by atoms with Crippen LogP contribution in [0.2, 0.25) is 0 Å². The van der Waals surface area contributed by atoms with E-state index in [1.807, 2.05) is 6.92 Å². The first-order valence-corrected chi connectivity index (χ1v) is 9.34. The monoisotopic (exact) mass is 307 g/mol. The normalized spacial score (nSPS) is 18.8. The second-order valence-corrected chi connectivity index (χ2v) is 7.46. The van der Waals surface area contributed by atoms with Crippen LogP contribution in [-0.2, 0) is 10.0 Å². The van der Waals surface area contributed by atoms with Crippen molar-refractivity contribution in [3.8, 4) is 0 Å². The number of likely N-dealkylation sites (tertiary alicyclic amines) is 1. The molecule has 20 heavy (non-hydrogen) atoms. The van der Waals surface area contributed by atoms with E-state index in [1.54, 1.807) is 0 Å². The summed E-state index contributed by atoms with van der Waals surface area (Å²) < 4.78 is 24.2. The fourth-order valence-electron chi connectivity index (χ4n) is 2.54. The number of sulfonamides is 1. The van der Waals surface area contributed by atoms with Crippen LogP contribution in [0.4, 0.5) is 0 Å². The van der Waals surface area contributed by atoms with E-state index in [-0.39, 0.29) is 6.10 Å². The highest BCUT2D eigenvalue weighted by Gasteiger charge is 2.16. The lowest BCUT2D eigenvalue weighted by Crippen LogP contribution is -2.38. The molecular weight excluding hydrogens is 278 g/mol. The highest BCUT2D eigenvalue weighted by atomic mass is 32.2. The van der Waals surface area contributed by atoms with Crippen LogP contribution in [0.1, 0.15) is 26.2 Å². The van der Waals surface area contributed by atoms with Gasteiger partial charge in [-0.05, 0) is 38.9 Å². The minimum Gasteiger partial charge on any atom is -0.390 e. The molecule has 0 aromatic rings. The molecule has 1 aliphatic rings. The van der Waals surface area contributed by atoms with Gasteiger partial charge in [0.25, 0.3) is 0 Å². The molecule has 7 heteroatoms. The van der Waals surface area contributed by atoms with Crippen LogP contribution in [0.5, 0.6) is 0 Å². The van der Waals surface area contributed by atoms with Crippen molar-refractivity contribution in [3.05, 3.63) is 0 Å². The smallest absolute Gasteiger partial charge is 0.211 e. The van der Waals surface area contributed by atoms with Crippen LogP contribution < -0.4 is 5.32 Å². The lowest BCUT2D eigenvalue weighted by atomic mass is 10.3. The molecule has 0 spiro atoms. The lowest BCUT2D eigenvalue weighted by Gasteiger charge is -2.20. The van der Waals surface area contributed by atoms with Crippen molar-refractivity contribution in [1.29, 1.82) is 0 Å². The van der Waals surface area contributed by atoms with Crippen LogP contribution in [0.3, 0.4) is 0 Å². The van der Waals surface area contributed by atoms with Gasteiger partial charge >= 0.3 is 0 Å². The standard InChI is InChI=1S/C13H29N3O3S/c1-3-16(20(2,18)19)10-6-7-14-11-13(17)12-15-8-4-5-9-15/h13-14,17H,3-12H2,1-2H3. The second kappa shape index (κ2) is 8.94. The number of hydrogen-bond donors (Lipinski definition) is 2. The van der Waals surface area contributed by atoms with E-state index in [2.05, 4.69) is 10.2 Å². The molecule has 0 aliphatic carbocycles. The average Bonchev–Trinajstić information content (AvgIpc) is 2.84. The third-order valence-electron chi connectivity index (χ3n) is 3.63. The lowest BCUT2D eigenvalue weighted by molar-refractivity contribution is 0.123. The van der Waals surface area contributed by atoms with Crippen molar-refractivity contribution in [2.75, 3.05) is 52.1 Å². The minimum atomic E-state index is -3.08. The van der Waals surface area contributed by atoms with Crippen LogP contribution in [-0.4, -0.2) is 80.9 Å². The van der Waals surface area contributed by atoms with Crippen LogP contribution in [0.25, 0.3) is 0 Å². The fourth-order valence-corrected chi connectivity index (χ4v) is 3.47. The first-order valence-electron chi connectivity index (χ1n) is 7.49. The Morgan fingerprint density at radius 2 is 2.00 bits per heavy atom. The van der Waals surface area contributed by atoms with E-state index in [0.717, 1.165) is 32.6 Å². The summed E-state index contributed by atoms with van der Waals surface area (Å²) in [6.07, 6.45) is 4.13. The number of rotatable bonds is 10. The van der Waals surface area contributed by atoms with Gasteiger partial charge in [0.2, 0.25) is 10.0 Å². The van der Waals surface area contributed by atoms with Gasteiger partial charge in [0.05, 0.1) is 12.4 Å². The van der Waals surface area contributed by atoms with Gasteiger partial charge in [-0.2, -0.15) is 0 Å². The number of nitrogens with zero attached hydrogens (tertiary/aromatic N) is 2. The molecule has 1 aliphatic heterocycles. The van der Waals surface area contributed by atoms with E-state index in [0.29, 0.717) is 19.6 Å². The number of β-amino-alcohol motifs (C(OH)–C–C–N with tert-alkyl or cyclic N) is 1. The molecule has 0 amide bonds. The fraction of sp³-hybridized carbons (Fsp3) is 1.00. The Morgan fingerprint density at radius 1 is 1.35 bits per heavy atom. The topological polar surface area (TPSA) is 72.9 Å². The van der Waals surface area contributed by atoms with E-state index >= 15 is 0 Å². The third-order valence-corrected chi connectivity index (χ3v) is 5.01. The van der Waals surface area contributed by atoms with E-state index < -0.39 is 10.0 Å². The summed E-state index contributed by atoms with van der Waals surface area (Å²) in [5.41, 5.74) is 0. The van der Waals surface area contributed by atoms with Gasteiger partial charge in [0.15, 0.2) is 0 Å². The molecule has 1 fully saturated rings. The highest BCUT2D eigenvalue weighted by Crippen LogP contribution is 2.07. The molecule has 0 aromatic carbocycles. The molecule has 0 aromatic heterocycles. The van der Waals surface area contributed by atoms with Crippen LogP contribution in [0, 0.1) is 0 Å². The minimum absolute atomic E-state index is 0.342. The van der Waals surface area contributed by atoms with Gasteiger partial charge in [-0.1, -0.05) is 6.92 Å². The Labute approximate surface area is 123 Å². The van der Waals surface area contributed by atoms with E-state index in [1.165, 1.54) is 23.4 Å². The van der Waals surface area contributed by atoms with E-state index in [4.69, 9.17) is 0 Å². The molecule has 0 radical (unpaired) electrons. The molecule has 1 rings (SSSR count). The summed E-state index contributed by atoms with van der Waals surface area (Å²) in [4.78, 5) is 2.29. The summed E-state index contributed by atoms with van der Waals surface area (Å²) in [6, 6.07) is 0. The maximum atomic E-state index is 11.4. The van der Waals surface area contributed by atoms with Crippen molar-refractivity contribution in [2.45, 2.75) is 32.3 Å². The van der Waals surface area contributed by atoms with Gasteiger partial charge in [0.1, 0.15) is 0 Å². The zero-order chi connectivity index (χ0) is 15.0. The molecule has 120 valence electrons.